The summed E-state index contributed by atoms with van der Waals surface area (Å²) in [5.41, 5.74) is 2.37. The fourth-order valence-corrected chi connectivity index (χ4v) is 2.97. The highest BCUT2D eigenvalue weighted by Crippen LogP contribution is 2.34. The van der Waals surface area contributed by atoms with Gasteiger partial charge in [0.1, 0.15) is 5.82 Å². The zero-order chi connectivity index (χ0) is 19.2. The quantitative estimate of drug-likeness (QED) is 0.619. The number of ether oxygens (including phenoxy) is 1. The maximum absolute atomic E-state index is 11.1. The zero-order valence-electron chi connectivity index (χ0n) is 14.9. The first-order valence-electron chi connectivity index (χ1n) is 8.54. The summed E-state index contributed by atoms with van der Waals surface area (Å²) in [6.07, 6.45) is 2.56. The lowest BCUT2D eigenvalue weighted by atomic mass is 9.96. The molecule has 0 bridgehead atoms. The largest absolute Gasteiger partial charge is 0.478 e. The Bertz CT molecular complexity index is 1010. The van der Waals surface area contributed by atoms with Crippen molar-refractivity contribution in [3.8, 4) is 17.2 Å². The molecule has 0 saturated carbocycles. The van der Waals surface area contributed by atoms with Crippen molar-refractivity contribution >= 4 is 22.6 Å². The Balaban J connectivity index is 2.08. The molecule has 6 nitrogen and oxygen atoms in total. The van der Waals surface area contributed by atoms with Gasteiger partial charge in [0.2, 0.25) is 0 Å². The number of carboxylic acids is 1. The van der Waals surface area contributed by atoms with Crippen LogP contribution in [0, 0.1) is 11.3 Å². The van der Waals surface area contributed by atoms with Gasteiger partial charge in [0.15, 0.2) is 0 Å². The number of nitrogens with zero attached hydrogens (tertiary/aromatic N) is 2. The van der Waals surface area contributed by atoms with Gasteiger partial charge in [0, 0.05) is 42.8 Å². The number of benzene rings is 2. The van der Waals surface area contributed by atoms with E-state index in [1.54, 1.807) is 43.6 Å². The fraction of sp³-hybridized carbons (Fsp3) is 0.190. The molecule has 136 valence electrons. The number of carbonyl (C=O) groups is 1. The molecule has 0 aliphatic heterocycles. The summed E-state index contributed by atoms with van der Waals surface area (Å²) in [4.78, 5) is 15.6. The third kappa shape index (κ3) is 3.89. The van der Waals surface area contributed by atoms with Crippen molar-refractivity contribution in [3.05, 3.63) is 59.8 Å². The summed E-state index contributed by atoms with van der Waals surface area (Å²) in [7, 11) is 1.66. The minimum absolute atomic E-state index is 0.216. The molecular weight excluding hydrogens is 342 g/mol. The molecule has 0 atom stereocenters. The zero-order valence-corrected chi connectivity index (χ0v) is 14.9. The van der Waals surface area contributed by atoms with Crippen LogP contribution in [-0.2, 0) is 4.74 Å². The summed E-state index contributed by atoms with van der Waals surface area (Å²) in [6.45, 7) is 1.36. The van der Waals surface area contributed by atoms with Crippen molar-refractivity contribution in [2.24, 2.45) is 0 Å². The van der Waals surface area contributed by atoms with E-state index >= 15 is 0 Å². The molecule has 0 radical (unpaired) electrons. The van der Waals surface area contributed by atoms with Crippen LogP contribution in [0.5, 0.6) is 0 Å². The number of carboxylic acid groups (broad SMARTS) is 1. The molecule has 2 aromatic carbocycles. The Morgan fingerprint density at radius 2 is 2.04 bits per heavy atom. The Kier molecular flexibility index (Phi) is 5.64. The number of anilines is 1. The number of nitriles is 1. The SMILES string of the molecule is COCCCNc1ncc(-c2ccc(C(=O)O)cc2)c2c(C#N)cccc12. The van der Waals surface area contributed by atoms with Crippen LogP contribution in [-0.4, -0.2) is 36.3 Å². The van der Waals surface area contributed by atoms with E-state index < -0.39 is 5.97 Å². The average Bonchev–Trinajstić information content (AvgIpc) is 2.70. The molecule has 0 aliphatic rings. The van der Waals surface area contributed by atoms with E-state index in [-0.39, 0.29) is 5.56 Å². The molecule has 3 aromatic rings. The van der Waals surface area contributed by atoms with Crippen LogP contribution >= 0.6 is 0 Å². The first kappa shape index (κ1) is 18.4. The molecule has 3 rings (SSSR count). The number of aromatic carboxylic acids is 1. The third-order valence-corrected chi connectivity index (χ3v) is 4.29. The van der Waals surface area contributed by atoms with E-state index in [0.29, 0.717) is 24.5 Å². The van der Waals surface area contributed by atoms with Gasteiger partial charge in [-0.25, -0.2) is 9.78 Å². The molecule has 0 saturated heterocycles. The van der Waals surface area contributed by atoms with Crippen LogP contribution in [0.3, 0.4) is 0 Å². The molecule has 0 aliphatic carbocycles. The van der Waals surface area contributed by atoms with Crippen molar-refractivity contribution < 1.29 is 14.6 Å². The van der Waals surface area contributed by atoms with E-state index in [0.717, 1.165) is 28.3 Å². The number of rotatable bonds is 7. The molecule has 1 heterocycles. The topological polar surface area (TPSA) is 95.2 Å². The third-order valence-electron chi connectivity index (χ3n) is 4.29. The highest BCUT2D eigenvalue weighted by Gasteiger charge is 2.13. The summed E-state index contributed by atoms with van der Waals surface area (Å²) in [5, 5.41) is 23.6. The van der Waals surface area contributed by atoms with Crippen molar-refractivity contribution in [2.75, 3.05) is 25.6 Å². The Labute approximate surface area is 157 Å². The minimum Gasteiger partial charge on any atom is -0.478 e. The van der Waals surface area contributed by atoms with Gasteiger partial charge in [-0.3, -0.25) is 0 Å². The second-order valence-electron chi connectivity index (χ2n) is 6.02. The second-order valence-corrected chi connectivity index (χ2v) is 6.02. The van der Waals surface area contributed by atoms with Crippen molar-refractivity contribution in [2.45, 2.75) is 6.42 Å². The predicted octanol–water partition coefficient (Wildman–Crippen LogP) is 3.92. The molecule has 0 unspecified atom stereocenters. The first-order valence-corrected chi connectivity index (χ1v) is 8.54. The van der Waals surface area contributed by atoms with Gasteiger partial charge < -0.3 is 15.2 Å². The number of fused-ring (bicyclic) bond motifs is 1. The molecule has 6 heteroatoms. The number of aromatic nitrogens is 1. The molecule has 0 amide bonds. The lowest BCUT2D eigenvalue weighted by molar-refractivity contribution is 0.0697. The van der Waals surface area contributed by atoms with Crippen molar-refractivity contribution in [1.29, 1.82) is 5.26 Å². The van der Waals surface area contributed by atoms with Gasteiger partial charge in [-0.1, -0.05) is 24.3 Å². The summed E-state index contributed by atoms with van der Waals surface area (Å²) < 4.78 is 5.06. The van der Waals surface area contributed by atoms with Crippen LogP contribution in [0.25, 0.3) is 21.9 Å². The molecule has 0 fully saturated rings. The van der Waals surface area contributed by atoms with Crippen LogP contribution < -0.4 is 5.32 Å². The maximum Gasteiger partial charge on any atom is 0.335 e. The smallest absolute Gasteiger partial charge is 0.335 e. The van der Waals surface area contributed by atoms with Gasteiger partial charge in [-0.05, 0) is 30.2 Å². The van der Waals surface area contributed by atoms with Crippen LogP contribution in [0.1, 0.15) is 22.3 Å². The fourth-order valence-electron chi connectivity index (χ4n) is 2.97. The van der Waals surface area contributed by atoms with Crippen LogP contribution in [0.15, 0.2) is 48.7 Å². The standard InChI is InChI=1S/C21H19N3O3/c1-27-11-3-10-23-20-17-5-2-4-16(12-22)19(17)18(13-24-20)14-6-8-15(9-7-14)21(25)26/h2,4-9,13H,3,10-11H2,1H3,(H,23,24)(H,25,26). The van der Waals surface area contributed by atoms with Crippen LogP contribution in [0.4, 0.5) is 5.82 Å². The van der Waals surface area contributed by atoms with E-state index in [2.05, 4.69) is 16.4 Å². The highest BCUT2D eigenvalue weighted by atomic mass is 16.5. The number of hydrogen-bond acceptors (Lipinski definition) is 5. The molecule has 1 aromatic heterocycles. The Hall–Kier alpha value is -3.43. The Morgan fingerprint density at radius 1 is 1.26 bits per heavy atom. The van der Waals surface area contributed by atoms with Gasteiger partial charge in [-0.15, -0.1) is 0 Å². The molecular formula is C21H19N3O3. The minimum atomic E-state index is -0.974. The lowest BCUT2D eigenvalue weighted by Gasteiger charge is -2.13. The summed E-state index contributed by atoms with van der Waals surface area (Å²) in [6, 6.07) is 14.3. The summed E-state index contributed by atoms with van der Waals surface area (Å²) in [5.74, 6) is -0.262. The number of nitrogens with one attached hydrogen (secondary N) is 1. The van der Waals surface area contributed by atoms with Crippen LogP contribution in [0.2, 0.25) is 0 Å². The number of methoxy groups -OCH3 is 1. The van der Waals surface area contributed by atoms with E-state index in [4.69, 9.17) is 9.84 Å². The monoisotopic (exact) mass is 361 g/mol. The van der Waals surface area contributed by atoms with Gasteiger partial charge >= 0.3 is 5.97 Å². The Morgan fingerprint density at radius 3 is 2.70 bits per heavy atom. The molecule has 0 spiro atoms. The summed E-state index contributed by atoms with van der Waals surface area (Å²) >= 11 is 0. The van der Waals surface area contributed by atoms with Gasteiger partial charge in [0.25, 0.3) is 0 Å². The van der Waals surface area contributed by atoms with E-state index in [1.165, 1.54) is 0 Å². The molecule has 2 N–H and O–H groups in total. The average molecular weight is 361 g/mol. The number of hydrogen-bond donors (Lipinski definition) is 2. The second kappa shape index (κ2) is 8.30. The lowest BCUT2D eigenvalue weighted by Crippen LogP contribution is -2.07. The van der Waals surface area contributed by atoms with Crippen molar-refractivity contribution in [3.63, 3.8) is 0 Å². The highest BCUT2D eigenvalue weighted by molar-refractivity contribution is 6.05. The predicted molar refractivity (Wildman–Crippen MR) is 104 cm³/mol. The first-order chi connectivity index (χ1) is 13.2. The normalized spacial score (nSPS) is 10.5. The van der Waals surface area contributed by atoms with Crippen molar-refractivity contribution in [1.82, 2.24) is 4.98 Å². The number of pyridine rings is 1. The van der Waals surface area contributed by atoms with Gasteiger partial charge in [-0.2, -0.15) is 5.26 Å². The molecule has 27 heavy (non-hydrogen) atoms. The van der Waals surface area contributed by atoms with Gasteiger partial charge in [0.05, 0.1) is 17.2 Å². The van der Waals surface area contributed by atoms with E-state index in [1.807, 2.05) is 12.1 Å². The van der Waals surface area contributed by atoms with E-state index in [9.17, 15) is 10.1 Å². The maximum atomic E-state index is 11.1.